The first-order valence-electron chi connectivity index (χ1n) is 7.86. The first-order chi connectivity index (χ1) is 13.9. The van der Waals surface area contributed by atoms with E-state index in [1.165, 1.54) is 12.1 Å². The van der Waals surface area contributed by atoms with Crippen LogP contribution in [0.3, 0.4) is 0 Å². The first kappa shape index (κ1) is 19.4. The van der Waals surface area contributed by atoms with Crippen LogP contribution in [0.15, 0.2) is 68.6 Å². The molecule has 0 atom stereocenters. The van der Waals surface area contributed by atoms with Crippen molar-refractivity contribution >= 4 is 55.3 Å². The zero-order chi connectivity index (χ0) is 20.4. The lowest BCUT2D eigenvalue weighted by Gasteiger charge is -2.07. The van der Waals surface area contributed by atoms with Crippen LogP contribution in [-0.4, -0.2) is 33.6 Å². The van der Waals surface area contributed by atoms with Crippen molar-refractivity contribution in [3.63, 3.8) is 0 Å². The lowest BCUT2D eigenvalue weighted by molar-refractivity contribution is -0.432. The second-order valence-corrected chi connectivity index (χ2v) is 7.89. The summed E-state index contributed by atoms with van der Waals surface area (Å²) in [6.07, 6.45) is 0. The zero-order valence-electron chi connectivity index (χ0n) is 14.3. The second kappa shape index (κ2) is 7.82. The molecule has 0 saturated carbocycles. The van der Waals surface area contributed by atoms with E-state index < -0.39 is 10.1 Å². The molecule has 1 aromatic heterocycles. The third-order valence-corrected chi connectivity index (χ3v) is 5.34. The van der Waals surface area contributed by atoms with E-state index in [0.717, 1.165) is 0 Å². The highest BCUT2D eigenvalue weighted by atomic mass is 32.2. The number of fused-ring (bicyclic) bond motifs is 2. The van der Waals surface area contributed by atoms with Crippen molar-refractivity contribution in [2.75, 3.05) is 0 Å². The van der Waals surface area contributed by atoms with Gasteiger partial charge in [-0.2, -0.15) is 34.1 Å². The number of rotatable bonds is 6. The van der Waals surface area contributed by atoms with Crippen LogP contribution in [-0.2, 0) is 19.5 Å². The molecule has 1 heterocycles. The van der Waals surface area contributed by atoms with Crippen LogP contribution in [0.2, 0.25) is 0 Å². The van der Waals surface area contributed by atoms with Crippen LogP contribution in [0.4, 0.5) is 11.4 Å². The maximum Gasteiger partial charge on any atom is 0.295 e. The Balaban J connectivity index is 1.74. The van der Waals surface area contributed by atoms with E-state index in [1.807, 2.05) is 0 Å². The summed E-state index contributed by atoms with van der Waals surface area (Å²) < 4.78 is 37.5. The normalized spacial score (nSPS) is 12.3. The fourth-order valence-electron chi connectivity index (χ4n) is 2.67. The van der Waals surface area contributed by atoms with Crippen LogP contribution < -0.4 is 0 Å². The number of aromatic nitrogens is 3. The smallest absolute Gasteiger partial charge is 0.282 e. The minimum Gasteiger partial charge on any atom is -0.282 e. The Bertz CT molecular complexity index is 1340. The zero-order valence-corrected chi connectivity index (χ0v) is 15.9. The van der Waals surface area contributed by atoms with Gasteiger partial charge in [0.2, 0.25) is 0 Å². The highest BCUT2D eigenvalue weighted by Gasteiger charge is 2.17. The summed E-state index contributed by atoms with van der Waals surface area (Å²) in [6.45, 7) is 0. The van der Waals surface area contributed by atoms with Crippen LogP contribution in [0.5, 0.6) is 0 Å². The number of H-pyrrole nitrogens is 1. The summed E-state index contributed by atoms with van der Waals surface area (Å²) in [4.78, 5) is -0.0606. The fraction of sp³-hybridized carbons (Fsp3) is 0. The van der Waals surface area contributed by atoms with Gasteiger partial charge in [0.1, 0.15) is 15.9 Å². The number of hydrogen-bond donors (Lipinski definition) is 3. The standard InChI is InChI=1S/C16H11N5O6S2/c22-26-27-28-12-5-9-1-2-10(6-13(9)16(8-12)29(23,24)25)17-18-11-3-4-14-15(7-11)20-21-19-14/h1-8,22H,(H,19,20,21)(H,23,24,25). The highest BCUT2D eigenvalue weighted by molar-refractivity contribution is 7.94. The molecule has 4 aromatic rings. The van der Waals surface area contributed by atoms with Gasteiger partial charge in [0.25, 0.3) is 10.1 Å². The van der Waals surface area contributed by atoms with Crippen molar-refractivity contribution in [3.8, 4) is 0 Å². The Kier molecular flexibility index (Phi) is 5.23. The van der Waals surface area contributed by atoms with Crippen molar-refractivity contribution in [3.05, 3.63) is 48.5 Å². The molecule has 0 amide bonds. The van der Waals surface area contributed by atoms with Gasteiger partial charge in [0.05, 0.1) is 23.4 Å². The second-order valence-electron chi connectivity index (χ2n) is 5.72. The number of nitrogens with one attached hydrogen (secondary N) is 1. The number of azo groups is 1. The van der Waals surface area contributed by atoms with Gasteiger partial charge in [-0.15, -0.1) is 4.33 Å². The molecule has 0 spiro atoms. The predicted molar refractivity (Wildman–Crippen MR) is 102 cm³/mol. The molecule has 0 radical (unpaired) electrons. The molecule has 13 heteroatoms. The summed E-state index contributed by atoms with van der Waals surface area (Å²) >= 11 is 0.576. The Labute approximate surface area is 167 Å². The fourth-order valence-corrected chi connectivity index (χ4v) is 3.93. The third-order valence-electron chi connectivity index (χ3n) is 3.89. The maximum absolute atomic E-state index is 11.8. The maximum atomic E-state index is 11.8. The molecule has 11 nitrogen and oxygen atoms in total. The minimum absolute atomic E-state index is 0.241. The molecule has 148 valence electrons. The number of hydrogen-bond acceptors (Lipinski definition) is 10. The predicted octanol–water partition coefficient (Wildman–Crippen LogP) is 4.20. The van der Waals surface area contributed by atoms with Crippen LogP contribution in [0, 0.1) is 0 Å². The van der Waals surface area contributed by atoms with E-state index in [1.54, 1.807) is 36.4 Å². The van der Waals surface area contributed by atoms with Gasteiger partial charge in [0.15, 0.2) is 0 Å². The molecule has 0 saturated heterocycles. The first-order valence-corrected chi connectivity index (χ1v) is 10.0. The summed E-state index contributed by atoms with van der Waals surface area (Å²) in [5.41, 5.74) is 2.23. The summed E-state index contributed by atoms with van der Waals surface area (Å²) in [7, 11) is -4.54. The lowest BCUT2D eigenvalue weighted by Crippen LogP contribution is -1.99. The quantitative estimate of drug-likeness (QED) is 0.133. The lowest BCUT2D eigenvalue weighted by atomic mass is 10.1. The van der Waals surface area contributed by atoms with E-state index in [9.17, 15) is 13.0 Å². The molecule has 4 rings (SSSR count). The van der Waals surface area contributed by atoms with E-state index in [4.69, 9.17) is 5.26 Å². The van der Waals surface area contributed by atoms with Gasteiger partial charge in [-0.1, -0.05) is 11.1 Å². The average molecular weight is 433 g/mol. The molecule has 0 aliphatic rings. The number of nitrogens with zero attached hydrogens (tertiary/aromatic N) is 4. The SMILES string of the molecule is O=S(=O)(O)c1cc(SOOO)cc2ccc(N=Nc3ccc4n[nH]nc4c3)cc12. The monoisotopic (exact) mass is 433 g/mol. The molecule has 3 N–H and O–H groups in total. The summed E-state index contributed by atoms with van der Waals surface area (Å²) in [6, 6.07) is 12.6. The molecule has 0 fully saturated rings. The topological polar surface area (TPSA) is 159 Å². The largest absolute Gasteiger partial charge is 0.295 e. The van der Waals surface area contributed by atoms with Crippen molar-refractivity contribution in [2.24, 2.45) is 10.2 Å². The molecule has 29 heavy (non-hydrogen) atoms. The molecular weight excluding hydrogens is 422 g/mol. The van der Waals surface area contributed by atoms with Crippen molar-refractivity contribution < 1.29 is 27.6 Å². The van der Waals surface area contributed by atoms with Crippen LogP contribution in [0.25, 0.3) is 21.8 Å². The van der Waals surface area contributed by atoms with Crippen molar-refractivity contribution in [1.29, 1.82) is 0 Å². The van der Waals surface area contributed by atoms with Gasteiger partial charge in [0, 0.05) is 10.3 Å². The van der Waals surface area contributed by atoms with Crippen LogP contribution in [0.1, 0.15) is 0 Å². The van der Waals surface area contributed by atoms with Gasteiger partial charge in [-0.3, -0.25) is 4.55 Å². The van der Waals surface area contributed by atoms with Gasteiger partial charge < -0.3 is 0 Å². The number of aromatic amines is 1. The van der Waals surface area contributed by atoms with Gasteiger partial charge in [-0.05, 0) is 47.9 Å². The van der Waals surface area contributed by atoms with E-state index >= 15 is 0 Å². The van der Waals surface area contributed by atoms with Crippen LogP contribution >= 0.6 is 12.0 Å². The Morgan fingerprint density at radius 1 is 0.966 bits per heavy atom. The van der Waals surface area contributed by atoms with Crippen molar-refractivity contribution in [2.45, 2.75) is 9.79 Å². The number of benzene rings is 3. The molecule has 0 aliphatic carbocycles. The molecule has 0 unspecified atom stereocenters. The molecule has 0 aliphatic heterocycles. The van der Waals surface area contributed by atoms with E-state index in [2.05, 4.69) is 35.0 Å². The molecular formula is C16H11N5O6S2. The Morgan fingerprint density at radius 3 is 2.45 bits per heavy atom. The Hall–Kier alpha value is -2.94. The molecule has 0 bridgehead atoms. The Morgan fingerprint density at radius 2 is 1.69 bits per heavy atom. The van der Waals surface area contributed by atoms with Gasteiger partial charge >= 0.3 is 0 Å². The minimum atomic E-state index is -4.54. The van der Waals surface area contributed by atoms with Gasteiger partial charge in [-0.25, -0.2) is 5.26 Å². The van der Waals surface area contributed by atoms with E-state index in [0.29, 0.717) is 39.8 Å². The third kappa shape index (κ3) is 4.24. The summed E-state index contributed by atoms with van der Waals surface area (Å²) in [5, 5.41) is 31.2. The molecule has 3 aromatic carbocycles. The average Bonchev–Trinajstić information content (AvgIpc) is 3.17. The van der Waals surface area contributed by atoms with E-state index in [-0.39, 0.29) is 15.2 Å². The highest BCUT2D eigenvalue weighted by Crippen LogP contribution is 2.33. The summed E-state index contributed by atoms with van der Waals surface area (Å²) in [5.74, 6) is 0. The van der Waals surface area contributed by atoms with Crippen molar-refractivity contribution in [1.82, 2.24) is 15.4 Å².